The number of carboxylic acid groups (broad SMARTS) is 1. The van der Waals surface area contributed by atoms with Crippen molar-refractivity contribution in [2.24, 2.45) is 0 Å². The summed E-state index contributed by atoms with van der Waals surface area (Å²) in [7, 11) is 3.96. The zero-order valence-electron chi connectivity index (χ0n) is 9.90. The summed E-state index contributed by atoms with van der Waals surface area (Å²) >= 11 is 0. The Kier molecular flexibility index (Phi) is 4.37. The van der Waals surface area contributed by atoms with Crippen molar-refractivity contribution in [3.8, 4) is 0 Å². The predicted octanol–water partition coefficient (Wildman–Crippen LogP) is 0.841. The van der Waals surface area contributed by atoms with Crippen molar-refractivity contribution in [1.29, 1.82) is 0 Å². The van der Waals surface area contributed by atoms with E-state index in [1.165, 1.54) is 6.20 Å². The van der Waals surface area contributed by atoms with Crippen molar-refractivity contribution < 1.29 is 9.90 Å². The average molecular weight is 223 g/mol. The molecule has 5 heteroatoms. The predicted molar refractivity (Wildman–Crippen MR) is 60.6 cm³/mol. The molecule has 0 aliphatic heterocycles. The van der Waals surface area contributed by atoms with E-state index in [1.54, 1.807) is 0 Å². The molecule has 0 bridgehead atoms. The lowest BCUT2D eigenvalue weighted by molar-refractivity contribution is 0.0694. The fourth-order valence-corrected chi connectivity index (χ4v) is 1.35. The molecule has 0 aromatic carbocycles. The molecule has 0 aliphatic rings. The second-order valence-corrected chi connectivity index (χ2v) is 3.86. The number of carbonyl (C=O) groups is 1. The van der Waals surface area contributed by atoms with Gasteiger partial charge in [-0.05, 0) is 20.5 Å². The highest BCUT2D eigenvalue weighted by atomic mass is 16.4. The average Bonchev–Trinajstić information content (AvgIpc) is 2.25. The number of likely N-dealkylation sites (N-methyl/N-ethyl adjacent to an activating group) is 1. The molecule has 16 heavy (non-hydrogen) atoms. The monoisotopic (exact) mass is 223 g/mol. The van der Waals surface area contributed by atoms with Crippen LogP contribution in [0.4, 0.5) is 0 Å². The molecule has 0 fully saturated rings. The van der Waals surface area contributed by atoms with Gasteiger partial charge in [-0.3, -0.25) is 0 Å². The first kappa shape index (κ1) is 12.6. The van der Waals surface area contributed by atoms with E-state index in [1.807, 2.05) is 25.9 Å². The van der Waals surface area contributed by atoms with Crippen molar-refractivity contribution >= 4 is 5.97 Å². The standard InChI is InChI=1S/C11H17N3O2/c1-4-9-8(11(15)16)7-12-10(13-9)5-6-14(2)3/h7H,4-6H2,1-3H3,(H,15,16). The van der Waals surface area contributed by atoms with Gasteiger partial charge in [0.05, 0.1) is 11.3 Å². The van der Waals surface area contributed by atoms with E-state index in [4.69, 9.17) is 5.11 Å². The maximum absolute atomic E-state index is 10.9. The Labute approximate surface area is 95.1 Å². The largest absolute Gasteiger partial charge is 0.478 e. The molecule has 1 aromatic rings. The van der Waals surface area contributed by atoms with E-state index in [9.17, 15) is 4.79 Å². The van der Waals surface area contributed by atoms with Crippen LogP contribution in [0.1, 0.15) is 28.8 Å². The summed E-state index contributed by atoms with van der Waals surface area (Å²) in [5.74, 6) is -0.258. The minimum absolute atomic E-state index is 0.205. The highest BCUT2D eigenvalue weighted by Gasteiger charge is 2.11. The Hall–Kier alpha value is -1.49. The van der Waals surface area contributed by atoms with Crippen LogP contribution in [0, 0.1) is 0 Å². The summed E-state index contributed by atoms with van der Waals surface area (Å²) < 4.78 is 0. The van der Waals surface area contributed by atoms with Gasteiger partial charge in [-0.25, -0.2) is 14.8 Å². The smallest absolute Gasteiger partial charge is 0.339 e. The van der Waals surface area contributed by atoms with Crippen LogP contribution in [0.3, 0.4) is 0 Å². The number of rotatable bonds is 5. The van der Waals surface area contributed by atoms with Gasteiger partial charge < -0.3 is 10.0 Å². The lowest BCUT2D eigenvalue weighted by atomic mass is 10.2. The zero-order valence-corrected chi connectivity index (χ0v) is 9.90. The van der Waals surface area contributed by atoms with Crippen LogP contribution in [0.15, 0.2) is 6.20 Å². The maximum atomic E-state index is 10.9. The van der Waals surface area contributed by atoms with E-state index in [2.05, 4.69) is 9.97 Å². The summed E-state index contributed by atoms with van der Waals surface area (Å²) in [5, 5.41) is 8.92. The van der Waals surface area contributed by atoms with Gasteiger partial charge in [-0.15, -0.1) is 0 Å². The molecule has 0 atom stereocenters. The van der Waals surface area contributed by atoms with Gasteiger partial charge in [-0.1, -0.05) is 6.92 Å². The Morgan fingerprint density at radius 3 is 2.69 bits per heavy atom. The molecule has 5 nitrogen and oxygen atoms in total. The molecule has 0 aliphatic carbocycles. The minimum atomic E-state index is -0.962. The molecular formula is C11H17N3O2. The molecule has 88 valence electrons. The minimum Gasteiger partial charge on any atom is -0.478 e. The van der Waals surface area contributed by atoms with Crippen molar-refractivity contribution in [1.82, 2.24) is 14.9 Å². The number of carboxylic acids is 1. The zero-order chi connectivity index (χ0) is 12.1. The summed E-state index contributed by atoms with van der Waals surface area (Å²) in [6.07, 6.45) is 2.75. The van der Waals surface area contributed by atoms with Crippen LogP contribution in [-0.4, -0.2) is 46.6 Å². The van der Waals surface area contributed by atoms with Crippen LogP contribution < -0.4 is 0 Å². The van der Waals surface area contributed by atoms with Crippen LogP contribution in [0.2, 0.25) is 0 Å². The first-order valence-corrected chi connectivity index (χ1v) is 5.27. The fraction of sp³-hybridized carbons (Fsp3) is 0.545. The van der Waals surface area contributed by atoms with Gasteiger partial charge in [0.25, 0.3) is 0 Å². The molecule has 0 amide bonds. The number of aromatic nitrogens is 2. The molecule has 1 N–H and O–H groups in total. The van der Waals surface area contributed by atoms with Crippen LogP contribution in [-0.2, 0) is 12.8 Å². The molecular weight excluding hydrogens is 206 g/mol. The van der Waals surface area contributed by atoms with E-state index < -0.39 is 5.97 Å². The van der Waals surface area contributed by atoms with Gasteiger partial charge in [0, 0.05) is 19.2 Å². The van der Waals surface area contributed by atoms with Crippen LogP contribution >= 0.6 is 0 Å². The first-order valence-electron chi connectivity index (χ1n) is 5.27. The normalized spacial score (nSPS) is 10.8. The van der Waals surface area contributed by atoms with Gasteiger partial charge in [-0.2, -0.15) is 0 Å². The van der Waals surface area contributed by atoms with Crippen LogP contribution in [0.5, 0.6) is 0 Å². The Bertz CT molecular complexity index is 377. The van der Waals surface area contributed by atoms with E-state index in [0.717, 1.165) is 13.0 Å². The quantitative estimate of drug-likeness (QED) is 0.801. The third-order valence-corrected chi connectivity index (χ3v) is 2.27. The molecule has 0 unspecified atom stereocenters. The highest BCUT2D eigenvalue weighted by Crippen LogP contribution is 2.07. The summed E-state index contributed by atoms with van der Waals surface area (Å²) in [4.78, 5) is 21.2. The second kappa shape index (κ2) is 5.55. The molecule has 0 spiro atoms. The number of hydrogen-bond donors (Lipinski definition) is 1. The number of aromatic carboxylic acids is 1. The number of hydrogen-bond acceptors (Lipinski definition) is 4. The maximum Gasteiger partial charge on any atom is 0.339 e. The van der Waals surface area contributed by atoms with E-state index in [0.29, 0.717) is 17.9 Å². The SMILES string of the molecule is CCc1nc(CCN(C)C)ncc1C(=O)O. The lowest BCUT2D eigenvalue weighted by Gasteiger charge is -2.09. The molecule has 0 saturated heterocycles. The first-order chi connectivity index (χ1) is 7.54. The van der Waals surface area contributed by atoms with Crippen molar-refractivity contribution in [2.75, 3.05) is 20.6 Å². The highest BCUT2D eigenvalue weighted by molar-refractivity contribution is 5.88. The van der Waals surface area contributed by atoms with E-state index in [-0.39, 0.29) is 5.56 Å². The molecule has 0 saturated carbocycles. The molecule has 0 radical (unpaired) electrons. The molecule has 1 rings (SSSR count). The van der Waals surface area contributed by atoms with Gasteiger partial charge in [0.1, 0.15) is 5.82 Å². The van der Waals surface area contributed by atoms with Gasteiger partial charge in [0.2, 0.25) is 0 Å². The second-order valence-electron chi connectivity index (χ2n) is 3.86. The Morgan fingerprint density at radius 2 is 2.19 bits per heavy atom. The summed E-state index contributed by atoms with van der Waals surface area (Å²) in [5.41, 5.74) is 0.812. The molecule has 1 aromatic heterocycles. The Balaban J connectivity index is 2.86. The third kappa shape index (κ3) is 3.27. The van der Waals surface area contributed by atoms with Crippen LogP contribution in [0.25, 0.3) is 0 Å². The van der Waals surface area contributed by atoms with Crippen molar-refractivity contribution in [3.05, 3.63) is 23.3 Å². The summed E-state index contributed by atoms with van der Waals surface area (Å²) in [6.45, 7) is 2.75. The number of nitrogens with zero attached hydrogens (tertiary/aromatic N) is 3. The number of aryl methyl sites for hydroxylation is 1. The van der Waals surface area contributed by atoms with Gasteiger partial charge >= 0.3 is 5.97 Å². The fourth-order valence-electron chi connectivity index (χ4n) is 1.35. The van der Waals surface area contributed by atoms with Crippen molar-refractivity contribution in [3.63, 3.8) is 0 Å². The van der Waals surface area contributed by atoms with Crippen molar-refractivity contribution in [2.45, 2.75) is 19.8 Å². The lowest BCUT2D eigenvalue weighted by Crippen LogP contribution is -2.17. The summed E-state index contributed by atoms with van der Waals surface area (Å²) in [6, 6.07) is 0. The third-order valence-electron chi connectivity index (χ3n) is 2.27. The van der Waals surface area contributed by atoms with E-state index >= 15 is 0 Å². The molecule has 1 heterocycles. The Morgan fingerprint density at radius 1 is 1.50 bits per heavy atom. The van der Waals surface area contributed by atoms with Gasteiger partial charge in [0.15, 0.2) is 0 Å². The topological polar surface area (TPSA) is 66.3 Å².